The highest BCUT2D eigenvalue weighted by Crippen LogP contribution is 2.27. The third-order valence-electron chi connectivity index (χ3n) is 2.81. The lowest BCUT2D eigenvalue weighted by Gasteiger charge is -1.98. The molecule has 0 atom stereocenters. The third kappa shape index (κ3) is 2.71. The standard InChI is InChI=1S/C14H11N5O2/c20-10-6-4-9(5-7-10)12-13(14(21)19-17-12)18-16-11-3-1-2-8-15-11/h1-8,20H,(H2,17,19,21). The molecule has 0 fully saturated rings. The molecule has 0 spiro atoms. The van der Waals surface area contributed by atoms with Gasteiger partial charge in [-0.25, -0.2) is 4.98 Å². The van der Waals surface area contributed by atoms with E-state index in [1.54, 1.807) is 36.5 Å². The number of phenolic OH excluding ortho intramolecular Hbond substituents is 1. The van der Waals surface area contributed by atoms with E-state index in [4.69, 9.17) is 0 Å². The van der Waals surface area contributed by atoms with Crippen molar-refractivity contribution >= 4 is 11.5 Å². The van der Waals surface area contributed by atoms with Crippen LogP contribution in [0.15, 0.2) is 63.7 Å². The maximum atomic E-state index is 11.8. The molecule has 0 saturated carbocycles. The summed E-state index contributed by atoms with van der Waals surface area (Å²) in [7, 11) is 0. The van der Waals surface area contributed by atoms with E-state index in [1.807, 2.05) is 0 Å². The molecule has 0 amide bonds. The van der Waals surface area contributed by atoms with Gasteiger partial charge < -0.3 is 5.11 Å². The maximum Gasteiger partial charge on any atom is 0.292 e. The molecule has 0 aliphatic carbocycles. The van der Waals surface area contributed by atoms with Gasteiger partial charge in [0, 0.05) is 11.8 Å². The van der Waals surface area contributed by atoms with Crippen LogP contribution in [0.1, 0.15) is 0 Å². The van der Waals surface area contributed by atoms with Crippen molar-refractivity contribution in [1.29, 1.82) is 0 Å². The van der Waals surface area contributed by atoms with Crippen LogP contribution < -0.4 is 5.56 Å². The average Bonchev–Trinajstić information content (AvgIpc) is 2.88. The number of benzene rings is 1. The number of nitrogens with zero attached hydrogens (tertiary/aromatic N) is 3. The van der Waals surface area contributed by atoms with Crippen molar-refractivity contribution in [1.82, 2.24) is 15.2 Å². The normalized spacial score (nSPS) is 11.0. The van der Waals surface area contributed by atoms with Crippen LogP contribution in [-0.2, 0) is 0 Å². The zero-order chi connectivity index (χ0) is 14.7. The lowest BCUT2D eigenvalue weighted by atomic mass is 10.1. The molecule has 0 aliphatic heterocycles. The molecule has 7 heteroatoms. The van der Waals surface area contributed by atoms with Gasteiger partial charge in [0.2, 0.25) is 0 Å². The minimum atomic E-state index is -0.377. The Hall–Kier alpha value is -3.22. The van der Waals surface area contributed by atoms with Crippen LogP contribution in [0.25, 0.3) is 11.3 Å². The number of phenols is 1. The molecular formula is C14H11N5O2. The minimum absolute atomic E-state index is 0.147. The molecule has 0 bridgehead atoms. The van der Waals surface area contributed by atoms with E-state index in [2.05, 4.69) is 25.4 Å². The molecule has 7 nitrogen and oxygen atoms in total. The van der Waals surface area contributed by atoms with Gasteiger partial charge in [-0.1, -0.05) is 6.07 Å². The van der Waals surface area contributed by atoms with Gasteiger partial charge in [-0.2, -0.15) is 0 Å². The number of aromatic nitrogens is 3. The minimum Gasteiger partial charge on any atom is -0.508 e. The number of hydrogen-bond acceptors (Lipinski definition) is 5. The zero-order valence-corrected chi connectivity index (χ0v) is 10.8. The summed E-state index contributed by atoms with van der Waals surface area (Å²) in [5.74, 6) is 0.558. The Labute approximate surface area is 119 Å². The van der Waals surface area contributed by atoms with Gasteiger partial charge in [0.15, 0.2) is 11.5 Å². The first-order chi connectivity index (χ1) is 10.2. The summed E-state index contributed by atoms with van der Waals surface area (Å²) in [6, 6.07) is 11.6. The van der Waals surface area contributed by atoms with Crippen molar-refractivity contribution in [2.75, 3.05) is 0 Å². The molecule has 3 rings (SSSR count). The third-order valence-corrected chi connectivity index (χ3v) is 2.81. The number of H-pyrrole nitrogens is 2. The Kier molecular flexibility index (Phi) is 3.30. The van der Waals surface area contributed by atoms with E-state index in [1.165, 1.54) is 12.1 Å². The quantitative estimate of drug-likeness (QED) is 0.642. The summed E-state index contributed by atoms with van der Waals surface area (Å²) < 4.78 is 0. The zero-order valence-electron chi connectivity index (χ0n) is 10.8. The van der Waals surface area contributed by atoms with Gasteiger partial charge >= 0.3 is 0 Å². The lowest BCUT2D eigenvalue weighted by molar-refractivity contribution is 0.475. The van der Waals surface area contributed by atoms with Crippen molar-refractivity contribution in [3.8, 4) is 17.0 Å². The Morgan fingerprint density at radius 2 is 1.81 bits per heavy atom. The first kappa shape index (κ1) is 12.8. The Morgan fingerprint density at radius 1 is 1.00 bits per heavy atom. The van der Waals surface area contributed by atoms with Gasteiger partial charge in [0.05, 0.1) is 5.69 Å². The number of hydrogen-bond donors (Lipinski definition) is 3. The molecule has 0 saturated heterocycles. The van der Waals surface area contributed by atoms with E-state index in [9.17, 15) is 9.90 Å². The fraction of sp³-hybridized carbons (Fsp3) is 0. The number of pyridine rings is 1. The first-order valence-corrected chi connectivity index (χ1v) is 6.17. The fourth-order valence-corrected chi connectivity index (χ4v) is 1.80. The topological polar surface area (TPSA) is 106 Å². The van der Waals surface area contributed by atoms with Gasteiger partial charge in [0.1, 0.15) is 5.75 Å². The van der Waals surface area contributed by atoms with Crippen molar-refractivity contribution in [2.45, 2.75) is 0 Å². The number of rotatable bonds is 3. The molecule has 1 aromatic carbocycles. The summed E-state index contributed by atoms with van der Waals surface area (Å²) >= 11 is 0. The Morgan fingerprint density at radius 3 is 2.52 bits per heavy atom. The number of aromatic hydroxyl groups is 1. The average molecular weight is 281 g/mol. The second-order valence-electron chi connectivity index (χ2n) is 4.24. The van der Waals surface area contributed by atoms with E-state index in [0.29, 0.717) is 17.1 Å². The van der Waals surface area contributed by atoms with Crippen LogP contribution in [0.4, 0.5) is 11.5 Å². The van der Waals surface area contributed by atoms with Crippen molar-refractivity contribution in [3.05, 3.63) is 59.0 Å². The van der Waals surface area contributed by atoms with Crippen LogP contribution in [0.2, 0.25) is 0 Å². The largest absolute Gasteiger partial charge is 0.508 e. The van der Waals surface area contributed by atoms with Crippen molar-refractivity contribution < 1.29 is 5.11 Å². The predicted octanol–water partition coefficient (Wildman–Crippen LogP) is 2.89. The maximum absolute atomic E-state index is 11.8. The Balaban J connectivity index is 2.00. The number of aromatic amines is 2. The van der Waals surface area contributed by atoms with E-state index < -0.39 is 0 Å². The van der Waals surface area contributed by atoms with Gasteiger partial charge in [-0.15, -0.1) is 10.2 Å². The molecule has 2 heterocycles. The highest BCUT2D eigenvalue weighted by molar-refractivity contribution is 5.71. The van der Waals surface area contributed by atoms with Crippen LogP contribution in [0.3, 0.4) is 0 Å². The number of nitrogens with one attached hydrogen (secondary N) is 2. The first-order valence-electron chi connectivity index (χ1n) is 6.17. The molecule has 0 unspecified atom stereocenters. The summed E-state index contributed by atoms with van der Waals surface area (Å²) in [6.45, 7) is 0. The van der Waals surface area contributed by atoms with Crippen LogP contribution >= 0.6 is 0 Å². The summed E-state index contributed by atoms with van der Waals surface area (Å²) in [5, 5.41) is 22.4. The van der Waals surface area contributed by atoms with Crippen molar-refractivity contribution in [2.24, 2.45) is 10.2 Å². The molecule has 21 heavy (non-hydrogen) atoms. The summed E-state index contributed by atoms with van der Waals surface area (Å²) in [6.07, 6.45) is 1.59. The van der Waals surface area contributed by atoms with E-state index in [-0.39, 0.29) is 17.0 Å². The second kappa shape index (κ2) is 5.41. The molecule has 2 aromatic heterocycles. The molecular weight excluding hydrogens is 270 g/mol. The highest BCUT2D eigenvalue weighted by atomic mass is 16.3. The predicted molar refractivity (Wildman–Crippen MR) is 76.9 cm³/mol. The molecule has 3 N–H and O–H groups in total. The summed E-state index contributed by atoms with van der Waals surface area (Å²) in [4.78, 5) is 15.8. The highest BCUT2D eigenvalue weighted by Gasteiger charge is 2.11. The van der Waals surface area contributed by atoms with Crippen molar-refractivity contribution in [3.63, 3.8) is 0 Å². The molecule has 0 radical (unpaired) electrons. The molecule has 0 aliphatic rings. The number of azo groups is 1. The smallest absolute Gasteiger partial charge is 0.292 e. The van der Waals surface area contributed by atoms with Crippen LogP contribution in [0, 0.1) is 0 Å². The van der Waals surface area contributed by atoms with E-state index in [0.717, 1.165) is 0 Å². The van der Waals surface area contributed by atoms with Crippen LogP contribution in [-0.4, -0.2) is 20.3 Å². The SMILES string of the molecule is O=c1[nH][nH]c(-c2ccc(O)cc2)c1N=Nc1ccccn1. The lowest BCUT2D eigenvalue weighted by Crippen LogP contribution is -1.96. The van der Waals surface area contributed by atoms with Gasteiger partial charge in [0.25, 0.3) is 5.56 Å². The van der Waals surface area contributed by atoms with Crippen LogP contribution in [0.5, 0.6) is 5.75 Å². The van der Waals surface area contributed by atoms with Gasteiger partial charge in [-0.05, 0) is 36.4 Å². The van der Waals surface area contributed by atoms with Gasteiger partial charge in [-0.3, -0.25) is 15.0 Å². The molecule has 104 valence electrons. The Bertz CT molecular complexity index is 819. The second-order valence-corrected chi connectivity index (χ2v) is 4.24. The van der Waals surface area contributed by atoms with E-state index >= 15 is 0 Å². The monoisotopic (exact) mass is 281 g/mol. The fourth-order valence-electron chi connectivity index (χ4n) is 1.80. The summed E-state index contributed by atoms with van der Waals surface area (Å²) in [5.41, 5.74) is 0.991. The molecule has 3 aromatic rings.